The number of anilines is 6. The molecule has 11 aromatic carbocycles. The molecular weight excluding hydrogens is 1010 g/mol. The van der Waals surface area contributed by atoms with Crippen LogP contribution in [-0.2, 0) is 16.2 Å². The summed E-state index contributed by atoms with van der Waals surface area (Å²) in [6.45, 7) is 13.8. The summed E-state index contributed by atoms with van der Waals surface area (Å²) in [6, 6.07) is 96.7. The summed E-state index contributed by atoms with van der Waals surface area (Å²) in [5.74, 6) is 2.89. The van der Waals surface area contributed by atoms with Crippen molar-refractivity contribution in [2.24, 2.45) is 23.7 Å². The smallest absolute Gasteiger partial charge is 0.0468 e. The minimum absolute atomic E-state index is 0.0487. The normalized spacial score (nSPS) is 19.4. The topological polar surface area (TPSA) is 6.48 Å². The van der Waals surface area contributed by atoms with Gasteiger partial charge in [0.2, 0.25) is 0 Å². The molecule has 0 radical (unpaired) electrons. The maximum Gasteiger partial charge on any atom is 0.0468 e. The number of fused-ring (bicyclic) bond motifs is 4. The average molecular weight is 1090 g/mol. The van der Waals surface area contributed by atoms with Crippen LogP contribution < -0.4 is 9.80 Å². The highest BCUT2D eigenvalue weighted by Crippen LogP contribution is 2.70. The van der Waals surface area contributed by atoms with Crippen molar-refractivity contribution in [2.45, 2.75) is 89.9 Å². The largest absolute Gasteiger partial charge is 0.310 e. The Hall–Kier alpha value is -8.72. The molecule has 1 spiro atoms. The Morgan fingerprint density at radius 2 is 0.655 bits per heavy atom. The standard InChI is InChI=1S/C82H74N2/c1-80(2,3)66-28-37-72(38-29-66)83(70-32-23-58(24-33-70)62-21-13-19-60(48-62)56-15-9-7-10-16-56)74-36-27-64-51-77-76-42-41-75(53-79(76)82(78(77)52-65(64)50-74)68-44-54-43-55(46-68)47-69(82)45-54)84(73-39-30-67(31-40-73)81(4,5)6)71-34-25-59(26-35-71)63-22-14-20-61(49-63)57-17-11-8-12-18-57/h7-42,48-55,68-69H,43-47H2,1-6H3. The van der Waals surface area contributed by atoms with Gasteiger partial charge in [0.05, 0.1) is 0 Å². The van der Waals surface area contributed by atoms with Gasteiger partial charge in [-0.05, 0) is 252 Å². The fourth-order valence-electron chi connectivity index (χ4n) is 15.9. The number of hydrogen-bond acceptors (Lipinski definition) is 2. The van der Waals surface area contributed by atoms with Crippen LogP contribution in [-0.4, -0.2) is 0 Å². The van der Waals surface area contributed by atoms with Crippen molar-refractivity contribution >= 4 is 44.9 Å². The fourth-order valence-corrected chi connectivity index (χ4v) is 15.9. The molecular formula is C82H74N2. The summed E-state index contributed by atoms with van der Waals surface area (Å²) in [7, 11) is 0. The number of benzene rings is 11. The highest BCUT2D eigenvalue weighted by atomic mass is 15.1. The molecule has 0 heterocycles. The summed E-state index contributed by atoms with van der Waals surface area (Å²) in [5, 5.41) is 2.60. The Kier molecular flexibility index (Phi) is 12.6. The summed E-state index contributed by atoms with van der Waals surface area (Å²) < 4.78 is 0. The second-order valence-corrected chi connectivity index (χ2v) is 27.1. The molecule has 4 bridgehead atoms. The molecule has 84 heavy (non-hydrogen) atoms. The molecule has 2 nitrogen and oxygen atoms in total. The highest BCUT2D eigenvalue weighted by molar-refractivity contribution is 5.98. The van der Waals surface area contributed by atoms with E-state index in [4.69, 9.17) is 0 Å². The third kappa shape index (κ3) is 9.09. The quantitative estimate of drug-likeness (QED) is 0.135. The van der Waals surface area contributed by atoms with Crippen LogP contribution in [0.25, 0.3) is 66.4 Å². The molecule has 412 valence electrons. The lowest BCUT2D eigenvalue weighted by Gasteiger charge is -2.61. The zero-order valence-electron chi connectivity index (χ0n) is 49.5. The third-order valence-electron chi connectivity index (χ3n) is 19.9. The average Bonchev–Trinajstić information content (AvgIpc) is 1.65. The van der Waals surface area contributed by atoms with E-state index < -0.39 is 0 Å². The fraction of sp³-hybridized carbons (Fsp3) is 0.220. The lowest BCUT2D eigenvalue weighted by atomic mass is 9.43. The van der Waals surface area contributed by atoms with Gasteiger partial charge in [-0.2, -0.15) is 0 Å². The van der Waals surface area contributed by atoms with Crippen LogP contribution in [0.3, 0.4) is 0 Å². The van der Waals surface area contributed by atoms with E-state index in [0.717, 1.165) is 23.2 Å². The van der Waals surface area contributed by atoms with Crippen LogP contribution in [0.2, 0.25) is 0 Å². The van der Waals surface area contributed by atoms with Crippen LogP contribution in [0.15, 0.2) is 255 Å². The SMILES string of the molecule is CC(C)(C)c1ccc(N(c2ccc(-c3cccc(-c4ccccc4)c3)cc2)c2ccc3c(c2)C2(c4cc5cc(N(c6ccc(-c7cccc(-c8ccccc8)c7)cc6)c6ccc(C(C)(C)C)cc6)ccc5cc4-3)C3CC4CC(C3)CC2C4)cc1. The monoisotopic (exact) mass is 1090 g/mol. The van der Waals surface area contributed by atoms with Gasteiger partial charge in [0.1, 0.15) is 0 Å². The van der Waals surface area contributed by atoms with E-state index in [1.807, 2.05) is 0 Å². The van der Waals surface area contributed by atoms with Crippen molar-refractivity contribution in [1.29, 1.82) is 0 Å². The Bertz CT molecular complexity index is 4210. The lowest BCUT2D eigenvalue weighted by Crippen LogP contribution is -2.55. The van der Waals surface area contributed by atoms with Crippen molar-refractivity contribution in [3.63, 3.8) is 0 Å². The second kappa shape index (κ2) is 20.3. The number of hydrogen-bond donors (Lipinski definition) is 0. The Labute approximate surface area is 498 Å². The first kappa shape index (κ1) is 52.1. The van der Waals surface area contributed by atoms with E-state index >= 15 is 0 Å². The third-order valence-corrected chi connectivity index (χ3v) is 19.9. The van der Waals surface area contributed by atoms with Gasteiger partial charge < -0.3 is 9.80 Å². The molecule has 2 heteroatoms. The molecule has 0 amide bonds. The van der Waals surface area contributed by atoms with Gasteiger partial charge in [0, 0.05) is 39.5 Å². The van der Waals surface area contributed by atoms with Crippen LogP contribution in [0.4, 0.5) is 34.1 Å². The maximum atomic E-state index is 2.67. The number of rotatable bonds is 10. The van der Waals surface area contributed by atoms with Crippen LogP contribution in [0, 0.1) is 23.7 Å². The first-order chi connectivity index (χ1) is 40.8. The van der Waals surface area contributed by atoms with E-state index in [-0.39, 0.29) is 16.2 Å². The minimum atomic E-state index is -0.0518. The molecule has 5 aliphatic rings. The van der Waals surface area contributed by atoms with Crippen molar-refractivity contribution in [2.75, 3.05) is 9.80 Å². The molecule has 0 saturated heterocycles. The first-order valence-corrected chi connectivity index (χ1v) is 30.9. The molecule has 0 aromatic heterocycles. The van der Waals surface area contributed by atoms with Gasteiger partial charge in [-0.1, -0.05) is 199 Å². The molecule has 4 saturated carbocycles. The molecule has 0 N–H and O–H groups in total. The molecule has 5 aliphatic carbocycles. The zero-order chi connectivity index (χ0) is 56.9. The molecule has 0 unspecified atom stereocenters. The predicted molar refractivity (Wildman–Crippen MR) is 356 cm³/mol. The molecule has 11 aromatic rings. The zero-order valence-corrected chi connectivity index (χ0v) is 49.5. The van der Waals surface area contributed by atoms with Crippen molar-refractivity contribution in [3.8, 4) is 55.6 Å². The first-order valence-electron chi connectivity index (χ1n) is 30.9. The van der Waals surface area contributed by atoms with E-state index in [1.54, 1.807) is 11.1 Å². The van der Waals surface area contributed by atoms with Gasteiger partial charge >= 0.3 is 0 Å². The molecule has 0 aliphatic heterocycles. The van der Waals surface area contributed by atoms with E-state index in [2.05, 4.69) is 306 Å². The van der Waals surface area contributed by atoms with Crippen LogP contribution in [0.5, 0.6) is 0 Å². The van der Waals surface area contributed by atoms with Crippen LogP contribution >= 0.6 is 0 Å². The second-order valence-electron chi connectivity index (χ2n) is 27.1. The van der Waals surface area contributed by atoms with Gasteiger partial charge in [-0.3, -0.25) is 0 Å². The summed E-state index contributed by atoms with van der Waals surface area (Å²) in [4.78, 5) is 5.00. The van der Waals surface area contributed by atoms with Gasteiger partial charge in [-0.25, -0.2) is 0 Å². The van der Waals surface area contributed by atoms with Crippen molar-refractivity contribution in [3.05, 3.63) is 277 Å². The Balaban J connectivity index is 0.841. The molecule has 16 rings (SSSR count). The molecule has 0 atom stereocenters. The summed E-state index contributed by atoms with van der Waals surface area (Å²) in [6.07, 6.45) is 6.71. The van der Waals surface area contributed by atoms with Gasteiger partial charge in [0.15, 0.2) is 0 Å². The minimum Gasteiger partial charge on any atom is -0.310 e. The van der Waals surface area contributed by atoms with Crippen molar-refractivity contribution in [1.82, 2.24) is 0 Å². The lowest BCUT2D eigenvalue weighted by molar-refractivity contribution is -0.0398. The Morgan fingerprint density at radius 1 is 0.286 bits per heavy atom. The van der Waals surface area contributed by atoms with E-state index in [0.29, 0.717) is 11.8 Å². The van der Waals surface area contributed by atoms with E-state index in [9.17, 15) is 0 Å². The predicted octanol–water partition coefficient (Wildman–Crippen LogP) is 22.8. The number of nitrogens with zero attached hydrogens (tertiary/aromatic N) is 2. The van der Waals surface area contributed by atoms with Crippen LogP contribution in [0.1, 0.15) is 95.9 Å². The highest BCUT2D eigenvalue weighted by Gasteiger charge is 2.61. The Morgan fingerprint density at radius 3 is 1.10 bits per heavy atom. The van der Waals surface area contributed by atoms with Crippen molar-refractivity contribution < 1.29 is 0 Å². The van der Waals surface area contributed by atoms with E-state index in [1.165, 1.54) is 132 Å². The summed E-state index contributed by atoms with van der Waals surface area (Å²) in [5.41, 5.74) is 25.5. The molecule has 4 fully saturated rings. The maximum absolute atomic E-state index is 2.67. The van der Waals surface area contributed by atoms with Gasteiger partial charge in [0.25, 0.3) is 0 Å². The summed E-state index contributed by atoms with van der Waals surface area (Å²) >= 11 is 0. The van der Waals surface area contributed by atoms with Gasteiger partial charge in [-0.15, -0.1) is 0 Å².